The summed E-state index contributed by atoms with van der Waals surface area (Å²) in [5.74, 6) is 0. The molecule has 0 aliphatic rings. The van der Waals surface area contributed by atoms with Crippen LogP contribution in [0.1, 0.15) is 0 Å². The Morgan fingerprint density at radius 3 is 1.38 bits per heavy atom. The van der Waals surface area contributed by atoms with Gasteiger partial charge in [0.15, 0.2) is 8.32 Å². The van der Waals surface area contributed by atoms with Gasteiger partial charge in [0.05, 0.1) is 0 Å². The van der Waals surface area contributed by atoms with E-state index in [0.29, 0.717) is 0 Å². The Morgan fingerprint density at radius 2 is 1.15 bits per heavy atom. The van der Waals surface area contributed by atoms with E-state index in [9.17, 15) is 9.59 Å². The highest BCUT2D eigenvalue weighted by atomic mass is 28.5. The maximum atomic E-state index is 9.79. The quantitative estimate of drug-likeness (QED) is 0.723. The van der Waals surface area contributed by atoms with Crippen LogP contribution in [-0.2, 0) is 8.23 Å². The molecule has 0 aliphatic heterocycles. The van der Waals surface area contributed by atoms with Crippen molar-refractivity contribution in [3.05, 3.63) is 0 Å². The first-order chi connectivity index (χ1) is 5.41. The lowest BCUT2D eigenvalue weighted by molar-refractivity contribution is 0.226. The van der Waals surface area contributed by atoms with Crippen LogP contribution in [0.3, 0.4) is 0 Å². The zero-order valence-electron chi connectivity index (χ0n) is 9.21. The topological polar surface area (TPSA) is 58.9 Å². The lowest BCUT2D eigenvalue weighted by Gasteiger charge is -2.32. The van der Waals surface area contributed by atoms with Gasteiger partial charge in [-0.05, 0) is 32.7 Å². The van der Waals surface area contributed by atoms with Gasteiger partial charge in [-0.1, -0.05) is 0 Å². The SMILES string of the molecule is C[Si](C)(C)O[Si](C)(O)O[Si](C)(C)O. The predicted octanol–water partition coefficient (Wildman–Crippen LogP) is 1.11. The van der Waals surface area contributed by atoms with Crippen molar-refractivity contribution in [2.24, 2.45) is 0 Å². The van der Waals surface area contributed by atoms with Crippen LogP contribution in [0.15, 0.2) is 0 Å². The van der Waals surface area contributed by atoms with Gasteiger partial charge in [-0.15, -0.1) is 0 Å². The molecule has 13 heavy (non-hydrogen) atoms. The highest BCUT2D eigenvalue weighted by Gasteiger charge is 2.41. The maximum Gasteiger partial charge on any atom is 0.475 e. The Hall–Kier alpha value is 0.491. The Balaban J connectivity index is 4.25. The largest absolute Gasteiger partial charge is 0.475 e. The van der Waals surface area contributed by atoms with E-state index < -0.39 is 25.7 Å². The maximum absolute atomic E-state index is 9.79. The molecule has 0 spiro atoms. The van der Waals surface area contributed by atoms with Gasteiger partial charge in [-0.2, -0.15) is 0 Å². The molecule has 2 N–H and O–H groups in total. The van der Waals surface area contributed by atoms with Gasteiger partial charge in [-0.25, -0.2) is 0 Å². The van der Waals surface area contributed by atoms with Gasteiger partial charge in [0, 0.05) is 6.55 Å². The van der Waals surface area contributed by atoms with Gasteiger partial charge in [0.25, 0.3) is 0 Å². The van der Waals surface area contributed by atoms with Crippen LogP contribution in [0.2, 0.25) is 39.3 Å². The van der Waals surface area contributed by atoms with E-state index in [2.05, 4.69) is 0 Å². The fourth-order valence-electron chi connectivity index (χ4n) is 1.05. The zero-order valence-corrected chi connectivity index (χ0v) is 12.2. The highest BCUT2D eigenvalue weighted by molar-refractivity contribution is 6.83. The summed E-state index contributed by atoms with van der Waals surface area (Å²) in [6.45, 7) is 10.7. The number of hydrogen-bond donors (Lipinski definition) is 2. The second-order valence-corrected chi connectivity index (χ2v) is 15.2. The first-order valence-electron chi connectivity index (χ1n) is 4.26. The highest BCUT2D eigenvalue weighted by Crippen LogP contribution is 2.16. The minimum Gasteiger partial charge on any atom is -0.417 e. The molecule has 7 heteroatoms. The van der Waals surface area contributed by atoms with E-state index in [0.717, 1.165) is 0 Å². The molecule has 80 valence electrons. The van der Waals surface area contributed by atoms with Crippen molar-refractivity contribution >= 4 is 25.7 Å². The van der Waals surface area contributed by atoms with E-state index in [4.69, 9.17) is 8.23 Å². The van der Waals surface area contributed by atoms with Crippen LogP contribution in [-0.4, -0.2) is 35.3 Å². The summed E-state index contributed by atoms with van der Waals surface area (Å²) in [5, 5.41) is 0. The monoisotopic (exact) mass is 240 g/mol. The van der Waals surface area contributed by atoms with Crippen LogP contribution < -0.4 is 0 Å². The summed E-state index contributed by atoms with van der Waals surface area (Å²) in [6.07, 6.45) is 0. The Bertz CT molecular complexity index is 152. The second-order valence-electron chi connectivity index (χ2n) is 4.66. The molecule has 0 rings (SSSR count). The van der Waals surface area contributed by atoms with E-state index >= 15 is 0 Å². The molecular weight excluding hydrogens is 220 g/mol. The molecule has 1 unspecified atom stereocenters. The second kappa shape index (κ2) is 3.93. The normalized spacial score (nSPS) is 18.5. The Morgan fingerprint density at radius 1 is 0.769 bits per heavy atom. The summed E-state index contributed by atoms with van der Waals surface area (Å²) < 4.78 is 10.7. The minimum atomic E-state index is -3.10. The van der Waals surface area contributed by atoms with Crippen LogP contribution in [0.25, 0.3) is 0 Å². The average Bonchev–Trinajstić information content (AvgIpc) is 1.43. The number of rotatable bonds is 4. The van der Waals surface area contributed by atoms with Crippen molar-refractivity contribution in [2.45, 2.75) is 39.3 Å². The molecule has 0 saturated carbocycles. The molecule has 1 atom stereocenters. The first-order valence-corrected chi connectivity index (χ1v) is 12.8. The van der Waals surface area contributed by atoms with Crippen molar-refractivity contribution in [1.82, 2.24) is 0 Å². The van der Waals surface area contributed by atoms with Gasteiger partial charge in [0.1, 0.15) is 0 Å². The molecule has 0 aliphatic carbocycles. The number of hydrogen-bond acceptors (Lipinski definition) is 4. The summed E-state index contributed by atoms with van der Waals surface area (Å²) in [5.41, 5.74) is 0. The van der Waals surface area contributed by atoms with E-state index in [1.54, 1.807) is 19.6 Å². The molecule has 0 aromatic rings. The third kappa shape index (κ3) is 8.81. The summed E-state index contributed by atoms with van der Waals surface area (Å²) >= 11 is 0. The summed E-state index contributed by atoms with van der Waals surface area (Å²) in [7, 11) is -7.58. The van der Waals surface area contributed by atoms with Crippen LogP contribution in [0.4, 0.5) is 0 Å². The molecular formula is C6H20O4Si3. The molecule has 0 heterocycles. The van der Waals surface area contributed by atoms with E-state index in [-0.39, 0.29) is 0 Å². The van der Waals surface area contributed by atoms with Gasteiger partial charge in [-0.3, -0.25) is 0 Å². The Kier molecular flexibility index (Phi) is 4.08. The Labute approximate surface area is 83.3 Å². The molecule has 0 bridgehead atoms. The molecule has 0 fully saturated rings. The van der Waals surface area contributed by atoms with Crippen LogP contribution >= 0.6 is 0 Å². The van der Waals surface area contributed by atoms with Crippen LogP contribution in [0, 0.1) is 0 Å². The first kappa shape index (κ1) is 13.5. The van der Waals surface area contributed by atoms with Crippen molar-refractivity contribution in [3.63, 3.8) is 0 Å². The van der Waals surface area contributed by atoms with Gasteiger partial charge in [0.2, 0.25) is 0 Å². The van der Waals surface area contributed by atoms with Crippen molar-refractivity contribution in [1.29, 1.82) is 0 Å². The molecule has 0 aromatic carbocycles. The molecule has 0 amide bonds. The van der Waals surface area contributed by atoms with Crippen molar-refractivity contribution in [3.8, 4) is 0 Å². The average molecular weight is 240 g/mol. The molecule has 0 radical (unpaired) electrons. The lowest BCUT2D eigenvalue weighted by Crippen LogP contribution is -2.53. The molecule has 0 saturated heterocycles. The smallest absolute Gasteiger partial charge is 0.417 e. The lowest BCUT2D eigenvalue weighted by atomic mass is 11.8. The molecule has 0 aromatic heterocycles. The fourth-order valence-corrected chi connectivity index (χ4v) is 9.85. The van der Waals surface area contributed by atoms with E-state index in [1.807, 2.05) is 19.6 Å². The third-order valence-electron chi connectivity index (χ3n) is 0.935. The van der Waals surface area contributed by atoms with Crippen LogP contribution in [0.5, 0.6) is 0 Å². The third-order valence-corrected chi connectivity index (χ3v) is 8.41. The van der Waals surface area contributed by atoms with Gasteiger partial charge < -0.3 is 17.8 Å². The summed E-state index contributed by atoms with van der Waals surface area (Å²) in [6, 6.07) is 0. The standard InChI is InChI=1S/C6H20O4Si3/c1-11(2,3)9-13(6,8)10-12(4,5)7/h7-8H,1-6H3. The van der Waals surface area contributed by atoms with Gasteiger partial charge >= 0.3 is 17.4 Å². The zero-order chi connectivity index (χ0) is 10.9. The van der Waals surface area contributed by atoms with E-state index in [1.165, 1.54) is 0 Å². The van der Waals surface area contributed by atoms with Crippen molar-refractivity contribution < 1.29 is 17.8 Å². The predicted molar refractivity (Wildman–Crippen MR) is 59.1 cm³/mol. The molecule has 4 nitrogen and oxygen atoms in total. The minimum absolute atomic E-state index is 1.55. The van der Waals surface area contributed by atoms with Crippen molar-refractivity contribution in [2.75, 3.05) is 0 Å². The summed E-state index contributed by atoms with van der Waals surface area (Å²) in [4.78, 5) is 19.3. The fraction of sp³-hybridized carbons (Fsp3) is 1.00.